The third-order valence-electron chi connectivity index (χ3n) is 4.55. The lowest BCUT2D eigenvalue weighted by atomic mass is 9.99. The van der Waals surface area contributed by atoms with Crippen LogP contribution in [0.5, 0.6) is 0 Å². The second kappa shape index (κ2) is 6.89. The van der Waals surface area contributed by atoms with Gasteiger partial charge in [-0.05, 0) is 30.3 Å². The number of nitrogens with zero attached hydrogens (tertiary/aromatic N) is 3. The van der Waals surface area contributed by atoms with E-state index < -0.39 is 0 Å². The maximum atomic E-state index is 13.3. The molecule has 3 aromatic rings. The Labute approximate surface area is 157 Å². The average Bonchev–Trinajstić information content (AvgIpc) is 3.15. The molecule has 0 saturated heterocycles. The number of hydrogen-bond donors (Lipinski definition) is 0. The number of pyridine rings is 1. The van der Waals surface area contributed by atoms with Crippen molar-refractivity contribution in [2.75, 3.05) is 0 Å². The van der Waals surface area contributed by atoms with Gasteiger partial charge in [-0.1, -0.05) is 43.3 Å². The summed E-state index contributed by atoms with van der Waals surface area (Å²) in [5.41, 5.74) is 3.89. The topological polar surface area (TPSA) is 58.1 Å². The molecule has 1 aliphatic heterocycles. The smallest absolute Gasteiger partial charge is 0.263 e. The Morgan fingerprint density at radius 2 is 1.78 bits per heavy atom. The molecule has 27 heavy (non-hydrogen) atoms. The minimum absolute atomic E-state index is 0.164. The van der Waals surface area contributed by atoms with Gasteiger partial charge in [0.05, 0.1) is 17.3 Å². The zero-order valence-corrected chi connectivity index (χ0v) is 14.8. The molecule has 0 amide bonds. The summed E-state index contributed by atoms with van der Waals surface area (Å²) < 4.78 is 1.62. The van der Waals surface area contributed by atoms with Crippen molar-refractivity contribution in [1.82, 2.24) is 4.57 Å². The maximum Gasteiger partial charge on any atom is 0.263 e. The van der Waals surface area contributed by atoms with Crippen LogP contribution in [0, 0.1) is 17.2 Å². The summed E-state index contributed by atoms with van der Waals surface area (Å²) in [5.74, 6) is 0.256. The molecule has 0 radical (unpaired) electrons. The molecule has 0 spiro atoms. The van der Waals surface area contributed by atoms with Crippen molar-refractivity contribution < 1.29 is 0 Å². The second-order valence-corrected chi connectivity index (χ2v) is 6.50. The van der Waals surface area contributed by atoms with Crippen LogP contribution in [0.4, 0.5) is 0 Å². The summed E-state index contributed by atoms with van der Waals surface area (Å²) in [7, 11) is 0. The van der Waals surface area contributed by atoms with Crippen molar-refractivity contribution in [1.29, 1.82) is 5.26 Å². The Kier molecular flexibility index (Phi) is 4.27. The van der Waals surface area contributed by atoms with Gasteiger partial charge in [0.15, 0.2) is 0 Å². The minimum Gasteiger partial charge on any atom is -0.283 e. The highest BCUT2D eigenvalue weighted by Gasteiger charge is 2.16. The van der Waals surface area contributed by atoms with E-state index in [-0.39, 0.29) is 11.5 Å². The lowest BCUT2D eigenvalue weighted by Crippen LogP contribution is -2.20. The summed E-state index contributed by atoms with van der Waals surface area (Å²) in [5, 5.41) is 9.48. The predicted octanol–water partition coefficient (Wildman–Crippen LogP) is 4.44. The summed E-state index contributed by atoms with van der Waals surface area (Å²) in [6.07, 6.45) is 5.77. The van der Waals surface area contributed by atoms with Gasteiger partial charge in [0.1, 0.15) is 0 Å². The monoisotopic (exact) mass is 351 g/mol. The number of aromatic nitrogens is 1. The second-order valence-electron chi connectivity index (χ2n) is 6.50. The van der Waals surface area contributed by atoms with Crippen molar-refractivity contribution >= 4 is 11.9 Å². The molecule has 2 aromatic carbocycles. The van der Waals surface area contributed by atoms with Gasteiger partial charge in [-0.2, -0.15) is 5.26 Å². The van der Waals surface area contributed by atoms with Crippen molar-refractivity contribution in [2.45, 2.75) is 6.92 Å². The molecular weight excluding hydrogens is 334 g/mol. The van der Waals surface area contributed by atoms with E-state index in [2.05, 4.69) is 24.1 Å². The van der Waals surface area contributed by atoms with Crippen LogP contribution in [0.25, 0.3) is 22.5 Å². The molecule has 4 nitrogen and oxygen atoms in total. The van der Waals surface area contributed by atoms with Gasteiger partial charge in [0, 0.05) is 40.7 Å². The van der Waals surface area contributed by atoms with Crippen LogP contribution in [-0.4, -0.2) is 10.8 Å². The lowest BCUT2D eigenvalue weighted by molar-refractivity contribution is 0.986. The number of nitriles is 1. The van der Waals surface area contributed by atoms with Gasteiger partial charge in [0.25, 0.3) is 5.56 Å². The first-order valence-electron chi connectivity index (χ1n) is 8.75. The average molecular weight is 351 g/mol. The fraction of sp³-hybridized carbons (Fsp3) is 0.0870. The highest BCUT2D eigenvalue weighted by molar-refractivity contribution is 5.84. The Bertz CT molecular complexity index is 1160. The van der Waals surface area contributed by atoms with E-state index in [4.69, 9.17) is 0 Å². The normalized spacial score (nSPS) is 15.4. The fourth-order valence-corrected chi connectivity index (χ4v) is 3.21. The molecule has 0 fully saturated rings. The van der Waals surface area contributed by atoms with E-state index in [1.165, 1.54) is 0 Å². The van der Waals surface area contributed by atoms with Gasteiger partial charge in [-0.25, -0.2) is 0 Å². The Hall–Kier alpha value is -3.71. The molecule has 1 atom stereocenters. The zero-order valence-electron chi connectivity index (χ0n) is 14.8. The first-order valence-corrected chi connectivity index (χ1v) is 8.75. The molecule has 0 bridgehead atoms. The highest BCUT2D eigenvalue weighted by Crippen LogP contribution is 2.27. The molecular formula is C23H17N3O. The third kappa shape index (κ3) is 3.11. The Morgan fingerprint density at radius 3 is 2.48 bits per heavy atom. The molecule has 1 aliphatic rings. The Morgan fingerprint density at radius 1 is 1.04 bits per heavy atom. The zero-order chi connectivity index (χ0) is 18.8. The standard InChI is InChI=1S/C23H17N3O/c1-16-11-22(25-14-16)18-12-21(20-10-6-5-7-17(20)13-24)23(27)26(15-18)19-8-3-2-4-9-19/h2-12,14-16H,1H3. The molecule has 0 N–H and O–H groups in total. The predicted molar refractivity (Wildman–Crippen MR) is 108 cm³/mol. The van der Waals surface area contributed by atoms with E-state index in [0.717, 1.165) is 16.9 Å². The molecule has 1 aromatic heterocycles. The SMILES string of the molecule is CC1C=NC(c2cc(-c3ccccc3C#N)c(=O)n(-c3ccccc3)c2)=C1. The number of rotatable bonds is 3. The van der Waals surface area contributed by atoms with E-state index in [0.29, 0.717) is 16.7 Å². The van der Waals surface area contributed by atoms with Gasteiger partial charge < -0.3 is 0 Å². The van der Waals surface area contributed by atoms with Crippen LogP contribution in [-0.2, 0) is 0 Å². The van der Waals surface area contributed by atoms with Gasteiger partial charge >= 0.3 is 0 Å². The molecule has 4 rings (SSSR count). The molecule has 4 heteroatoms. The Balaban J connectivity index is 2.01. The number of aliphatic imine (C=N–C) groups is 1. The van der Waals surface area contributed by atoms with Crippen LogP contribution in [0.3, 0.4) is 0 Å². The van der Waals surface area contributed by atoms with Crippen molar-refractivity contribution in [3.63, 3.8) is 0 Å². The third-order valence-corrected chi connectivity index (χ3v) is 4.55. The summed E-state index contributed by atoms with van der Waals surface area (Å²) in [6, 6.07) is 20.7. The number of para-hydroxylation sites is 1. The summed E-state index contributed by atoms with van der Waals surface area (Å²) >= 11 is 0. The van der Waals surface area contributed by atoms with Gasteiger partial charge in [-0.3, -0.25) is 14.4 Å². The van der Waals surface area contributed by atoms with Crippen molar-refractivity contribution in [3.05, 3.63) is 94.4 Å². The quantitative estimate of drug-likeness (QED) is 0.700. The lowest BCUT2D eigenvalue weighted by Gasteiger charge is -2.13. The van der Waals surface area contributed by atoms with Gasteiger partial charge in [-0.15, -0.1) is 0 Å². The van der Waals surface area contributed by atoms with Crippen LogP contribution >= 0.6 is 0 Å². The van der Waals surface area contributed by atoms with Crippen LogP contribution < -0.4 is 5.56 Å². The summed E-state index contributed by atoms with van der Waals surface area (Å²) in [4.78, 5) is 17.7. The van der Waals surface area contributed by atoms with Crippen molar-refractivity contribution in [2.24, 2.45) is 10.9 Å². The van der Waals surface area contributed by atoms with Crippen LogP contribution in [0.15, 0.2) is 82.7 Å². The molecule has 130 valence electrons. The molecule has 1 unspecified atom stereocenters. The van der Waals surface area contributed by atoms with Crippen molar-refractivity contribution in [3.8, 4) is 22.9 Å². The molecule has 0 saturated carbocycles. The first kappa shape index (κ1) is 16.7. The fourth-order valence-electron chi connectivity index (χ4n) is 3.21. The highest BCUT2D eigenvalue weighted by atomic mass is 16.1. The van der Waals surface area contributed by atoms with E-state index >= 15 is 0 Å². The molecule has 0 aliphatic carbocycles. The minimum atomic E-state index is -0.164. The summed E-state index contributed by atoms with van der Waals surface area (Å²) in [6.45, 7) is 2.07. The van der Waals surface area contributed by atoms with Gasteiger partial charge in [0.2, 0.25) is 0 Å². The van der Waals surface area contributed by atoms with E-state index in [1.807, 2.05) is 60.9 Å². The van der Waals surface area contributed by atoms with Crippen LogP contribution in [0.1, 0.15) is 18.1 Å². The number of hydrogen-bond acceptors (Lipinski definition) is 3. The number of benzene rings is 2. The number of allylic oxidation sites excluding steroid dienone is 1. The first-order chi connectivity index (χ1) is 13.2. The van der Waals surface area contributed by atoms with Crippen LogP contribution in [0.2, 0.25) is 0 Å². The molecule has 2 heterocycles. The van der Waals surface area contributed by atoms with E-state index in [9.17, 15) is 10.1 Å². The largest absolute Gasteiger partial charge is 0.283 e. The maximum absolute atomic E-state index is 13.3. The van der Waals surface area contributed by atoms with E-state index in [1.54, 1.807) is 16.7 Å².